The van der Waals surface area contributed by atoms with E-state index in [0.29, 0.717) is 17.1 Å². The van der Waals surface area contributed by atoms with Crippen molar-refractivity contribution in [3.05, 3.63) is 63.6 Å². The van der Waals surface area contributed by atoms with E-state index < -0.39 is 5.76 Å². The fourth-order valence-electron chi connectivity index (χ4n) is 2.10. The van der Waals surface area contributed by atoms with Crippen molar-refractivity contribution in [2.75, 3.05) is 0 Å². The van der Waals surface area contributed by atoms with Gasteiger partial charge < -0.3 is 10.2 Å². The zero-order valence-corrected chi connectivity index (χ0v) is 11.7. The van der Waals surface area contributed by atoms with Crippen LogP contribution < -0.4 is 11.5 Å². The molecule has 0 aliphatic rings. The van der Waals surface area contributed by atoms with Crippen LogP contribution in [0, 0.1) is 0 Å². The maximum absolute atomic E-state index is 11.0. The molecule has 1 aromatic heterocycles. The van der Waals surface area contributed by atoms with Crippen LogP contribution >= 0.6 is 11.6 Å². The lowest BCUT2D eigenvalue weighted by molar-refractivity contribution is 0.527. The number of halogens is 1. The highest BCUT2D eigenvalue weighted by atomic mass is 35.5. The van der Waals surface area contributed by atoms with Gasteiger partial charge in [0.1, 0.15) is 0 Å². The molecular formula is C15H12ClN3O2. The van der Waals surface area contributed by atoms with Gasteiger partial charge in [0.25, 0.3) is 0 Å². The molecule has 0 amide bonds. The second-order valence-electron chi connectivity index (χ2n) is 4.52. The Labute approximate surface area is 125 Å². The van der Waals surface area contributed by atoms with Crippen molar-refractivity contribution in [1.82, 2.24) is 10.2 Å². The third-order valence-electron chi connectivity index (χ3n) is 3.13. The summed E-state index contributed by atoms with van der Waals surface area (Å²) in [4.78, 5) is 11.0. The molecule has 0 fully saturated rings. The minimum absolute atomic E-state index is 0.230. The number of aromatic amines is 1. The van der Waals surface area contributed by atoms with Gasteiger partial charge in [-0.15, -0.1) is 5.10 Å². The molecule has 1 heterocycles. The summed E-state index contributed by atoms with van der Waals surface area (Å²) >= 11 is 6.27. The van der Waals surface area contributed by atoms with Crippen molar-refractivity contribution in [2.45, 2.75) is 6.54 Å². The Morgan fingerprint density at radius 1 is 1.19 bits per heavy atom. The van der Waals surface area contributed by atoms with Crippen LogP contribution in [0.5, 0.6) is 0 Å². The van der Waals surface area contributed by atoms with E-state index in [1.807, 2.05) is 30.3 Å². The lowest BCUT2D eigenvalue weighted by Crippen LogP contribution is -1.96. The number of H-pyrrole nitrogens is 1. The van der Waals surface area contributed by atoms with Gasteiger partial charge in [0.05, 0.1) is 0 Å². The van der Waals surface area contributed by atoms with E-state index >= 15 is 0 Å². The van der Waals surface area contributed by atoms with Gasteiger partial charge in [0, 0.05) is 22.7 Å². The van der Waals surface area contributed by atoms with Gasteiger partial charge in [-0.05, 0) is 35.4 Å². The average Bonchev–Trinajstić information content (AvgIpc) is 2.94. The van der Waals surface area contributed by atoms with Gasteiger partial charge in [0.15, 0.2) is 0 Å². The van der Waals surface area contributed by atoms with Gasteiger partial charge in [-0.2, -0.15) is 0 Å². The molecule has 0 aliphatic carbocycles. The molecule has 6 heteroatoms. The van der Waals surface area contributed by atoms with Crippen molar-refractivity contribution < 1.29 is 4.42 Å². The van der Waals surface area contributed by atoms with Crippen molar-refractivity contribution in [2.24, 2.45) is 5.73 Å². The molecule has 0 spiro atoms. The molecule has 0 bridgehead atoms. The molecular weight excluding hydrogens is 290 g/mol. The first kappa shape index (κ1) is 13.6. The lowest BCUT2D eigenvalue weighted by Gasteiger charge is -2.07. The van der Waals surface area contributed by atoms with Gasteiger partial charge in [-0.3, -0.25) is 0 Å². The Kier molecular flexibility index (Phi) is 3.60. The van der Waals surface area contributed by atoms with Crippen LogP contribution in [0.15, 0.2) is 51.7 Å². The Morgan fingerprint density at radius 3 is 2.76 bits per heavy atom. The van der Waals surface area contributed by atoms with Crippen LogP contribution in [-0.4, -0.2) is 10.2 Å². The third-order valence-corrected chi connectivity index (χ3v) is 3.45. The monoisotopic (exact) mass is 301 g/mol. The van der Waals surface area contributed by atoms with E-state index in [0.717, 1.165) is 16.7 Å². The summed E-state index contributed by atoms with van der Waals surface area (Å²) in [6.45, 7) is 0.458. The Balaban J connectivity index is 2.11. The Hall–Kier alpha value is -2.37. The highest BCUT2D eigenvalue weighted by Crippen LogP contribution is 2.32. The predicted octanol–water partition coefficient (Wildman–Crippen LogP) is 2.81. The molecule has 3 rings (SSSR count). The van der Waals surface area contributed by atoms with Crippen LogP contribution in [0.4, 0.5) is 0 Å². The topological polar surface area (TPSA) is 84.9 Å². The predicted molar refractivity (Wildman–Crippen MR) is 80.9 cm³/mol. The Morgan fingerprint density at radius 2 is 2.05 bits per heavy atom. The maximum atomic E-state index is 11.0. The number of rotatable bonds is 3. The first-order chi connectivity index (χ1) is 10.2. The van der Waals surface area contributed by atoms with Crippen molar-refractivity contribution in [3.8, 4) is 22.6 Å². The van der Waals surface area contributed by atoms with Crippen LogP contribution in [0.3, 0.4) is 0 Å². The minimum Gasteiger partial charge on any atom is -0.388 e. The molecule has 3 N–H and O–H groups in total. The van der Waals surface area contributed by atoms with Crippen molar-refractivity contribution in [1.29, 1.82) is 0 Å². The van der Waals surface area contributed by atoms with E-state index in [4.69, 9.17) is 21.8 Å². The quantitative estimate of drug-likeness (QED) is 0.779. The van der Waals surface area contributed by atoms with Crippen LogP contribution in [0.2, 0.25) is 5.02 Å². The number of nitrogens with one attached hydrogen (secondary N) is 1. The molecule has 2 aromatic carbocycles. The fourth-order valence-corrected chi connectivity index (χ4v) is 2.33. The van der Waals surface area contributed by atoms with Crippen LogP contribution in [0.25, 0.3) is 22.6 Å². The van der Waals surface area contributed by atoms with Gasteiger partial charge in [0.2, 0.25) is 5.89 Å². The number of hydrogen-bond acceptors (Lipinski definition) is 4. The van der Waals surface area contributed by atoms with Gasteiger partial charge in [-0.25, -0.2) is 9.89 Å². The summed E-state index contributed by atoms with van der Waals surface area (Å²) in [6, 6.07) is 13.1. The molecule has 0 atom stereocenters. The molecule has 0 radical (unpaired) electrons. The second kappa shape index (κ2) is 5.55. The minimum atomic E-state index is -0.591. The van der Waals surface area contributed by atoms with E-state index in [1.165, 1.54) is 0 Å². The summed E-state index contributed by atoms with van der Waals surface area (Å²) in [5, 5.41) is 6.66. The summed E-state index contributed by atoms with van der Waals surface area (Å²) in [5.41, 5.74) is 9.12. The van der Waals surface area contributed by atoms with E-state index in [1.54, 1.807) is 12.1 Å². The van der Waals surface area contributed by atoms with Gasteiger partial charge in [-0.1, -0.05) is 29.8 Å². The summed E-state index contributed by atoms with van der Waals surface area (Å²) in [7, 11) is 0. The number of nitrogens with zero attached hydrogens (tertiary/aromatic N) is 1. The molecule has 5 nitrogen and oxygen atoms in total. The molecule has 21 heavy (non-hydrogen) atoms. The maximum Gasteiger partial charge on any atom is 0.434 e. The van der Waals surface area contributed by atoms with E-state index in [9.17, 15) is 4.79 Å². The number of benzene rings is 2. The van der Waals surface area contributed by atoms with Crippen LogP contribution in [-0.2, 0) is 6.54 Å². The SMILES string of the molecule is NCc1cccc(-c2cc(-c3n[nH]c(=O)o3)ccc2Cl)c1. The van der Waals surface area contributed by atoms with E-state index in [-0.39, 0.29) is 5.89 Å². The largest absolute Gasteiger partial charge is 0.434 e. The third kappa shape index (κ3) is 2.74. The highest BCUT2D eigenvalue weighted by molar-refractivity contribution is 6.33. The van der Waals surface area contributed by atoms with E-state index in [2.05, 4.69) is 10.2 Å². The molecule has 0 saturated heterocycles. The van der Waals surface area contributed by atoms with Crippen molar-refractivity contribution in [3.63, 3.8) is 0 Å². The standard InChI is InChI=1S/C15H12ClN3O2/c16-13-5-4-11(14-18-19-15(20)21-14)7-12(13)10-3-1-2-9(6-10)8-17/h1-7H,8,17H2,(H,19,20). The fraction of sp³-hybridized carbons (Fsp3) is 0.0667. The number of aromatic nitrogens is 2. The molecule has 0 saturated carbocycles. The smallest absolute Gasteiger partial charge is 0.388 e. The normalized spacial score (nSPS) is 10.8. The first-order valence-electron chi connectivity index (χ1n) is 6.32. The second-order valence-corrected chi connectivity index (χ2v) is 4.92. The first-order valence-corrected chi connectivity index (χ1v) is 6.70. The lowest BCUT2D eigenvalue weighted by atomic mass is 10.0. The molecule has 0 unspecified atom stereocenters. The zero-order valence-electron chi connectivity index (χ0n) is 11.0. The molecule has 106 valence electrons. The van der Waals surface area contributed by atoms with Crippen molar-refractivity contribution >= 4 is 11.6 Å². The highest BCUT2D eigenvalue weighted by Gasteiger charge is 2.10. The number of nitrogens with two attached hydrogens (primary N) is 1. The molecule has 3 aromatic rings. The number of hydrogen-bond donors (Lipinski definition) is 2. The summed E-state index contributed by atoms with van der Waals surface area (Å²) in [6.07, 6.45) is 0. The van der Waals surface area contributed by atoms with Crippen LogP contribution in [0.1, 0.15) is 5.56 Å². The molecule has 0 aliphatic heterocycles. The zero-order chi connectivity index (χ0) is 14.8. The van der Waals surface area contributed by atoms with Gasteiger partial charge >= 0.3 is 5.76 Å². The Bertz CT molecular complexity index is 839. The average molecular weight is 302 g/mol. The summed E-state index contributed by atoms with van der Waals surface area (Å²) < 4.78 is 4.96. The summed E-state index contributed by atoms with van der Waals surface area (Å²) in [5.74, 6) is -0.362.